The van der Waals surface area contributed by atoms with Crippen LogP contribution >= 0.6 is 0 Å². The monoisotopic (exact) mass is 1770 g/mol. The Kier molecular flexibility index (Phi) is 20.8. The molecule has 9 N–H and O–H groups in total. The molecule has 0 atom stereocenters. The fourth-order valence-corrected chi connectivity index (χ4v) is 17.6. The number of pyridine rings is 2. The van der Waals surface area contributed by atoms with Crippen LogP contribution in [0, 0.1) is 0 Å². The first-order chi connectivity index (χ1) is 61.4. The molecule has 0 aliphatic heterocycles. The van der Waals surface area contributed by atoms with Gasteiger partial charge in [-0.15, -0.1) is 0 Å². The third kappa shape index (κ3) is 15.6. The van der Waals surface area contributed by atoms with Gasteiger partial charge in [-0.2, -0.15) is 55.2 Å². The number of ether oxygens (including phenoxy) is 3. The van der Waals surface area contributed by atoms with Gasteiger partial charge in [-0.3, -0.25) is 47.2 Å². The molecule has 16 aromatic rings. The normalized spacial score (nSPS) is 12.2. The summed E-state index contributed by atoms with van der Waals surface area (Å²) in [6, 6.07) is 57.0. The van der Waals surface area contributed by atoms with E-state index in [2.05, 4.69) is 56.5 Å². The minimum atomic E-state index is -5.15. The summed E-state index contributed by atoms with van der Waals surface area (Å²) in [4.78, 5) is 137. The van der Waals surface area contributed by atoms with Crippen LogP contribution in [0.4, 0.5) is 46.3 Å². The third-order valence-corrected chi connectivity index (χ3v) is 24.2. The van der Waals surface area contributed by atoms with Crippen molar-refractivity contribution in [3.63, 3.8) is 0 Å². The summed E-state index contributed by atoms with van der Waals surface area (Å²) >= 11 is 0. The second-order valence-electron chi connectivity index (χ2n) is 29.4. The van der Waals surface area contributed by atoms with Gasteiger partial charge in [0.1, 0.15) is 28.0 Å². The SMILES string of the molecule is Cn1c(=O)c(C(=O)c2ccccc2)c2c3c(c(Nc4ccc(S(=O)(=O)O)c(Cc5nc(NCCNc6nc(Nc7ccc(S(=O)(=O)O)c(Nc8ccc9c%10c8C(=O)c8ccccc8-c%10c(C(=O)c8cccc(S(=O)(=O)O)c8)c(=O)n9C)c7)nc(Oc7ccc8cc(C(=O)O)ccc8c7)n6)nc(Oc6ccc7cc(OC=O)ccc7c6)n5)c4)ccc31)C(=O)c1ccccc1-2. The first-order valence-electron chi connectivity index (χ1n) is 38.6. The fraction of sp³-hybridized carbons (Fsp3) is 0.0549. The lowest BCUT2D eigenvalue weighted by atomic mass is 9.80. The standard InChI is InChI=1S/C91H61N13O21S3/c1-103-67-31-29-64(74-76(67)72(60-15-6-8-17-62(60)82(74)108)78(84(103)110)80(106)46-11-4-3-5-12-46)94-54-24-33-69(127(117,118)119)53(38-54)43-71-97-87(100-90(98-71)124-57-28-23-49-39-56(123-45-105)26-21-50(49)41-57)92-35-36-93-88-99-89(102-91(101-88)125-58-27-22-47-37-52(86(112)113)20-19-48(47)40-58)95-55-25-34-70(128(120,121)122)66(44-55)96-65-30-32-68-77-73(61-16-7-9-18-63(61)83(109)75(65)77)79(85(111)104(68)2)81(107)51-13-10-14-59(42-51)126(114,115)116/h3-34,37-42,44-45,94,96H,35-36,43H2,1-2H3,(H,112,113)(H,114,115,116)(H,117,118,119)(H,120,121,122)(H,92,97,98,100)(H2,93,95,99,101,102). The molecule has 0 unspecified atom stereocenters. The zero-order chi connectivity index (χ0) is 89.5. The van der Waals surface area contributed by atoms with Crippen LogP contribution in [-0.4, -0.2) is 132 Å². The lowest BCUT2D eigenvalue weighted by Gasteiger charge is -2.26. The molecule has 37 heteroatoms. The highest BCUT2D eigenvalue weighted by Crippen LogP contribution is 2.48. The topological polar surface area (TPSA) is 495 Å². The Morgan fingerprint density at radius 1 is 0.414 bits per heavy atom. The number of benzene rings is 12. The maximum Gasteiger partial charge on any atom is 0.335 e. The molecular formula is C91H61N13O21S3. The van der Waals surface area contributed by atoms with Crippen LogP contribution < -0.4 is 51.9 Å². The summed E-state index contributed by atoms with van der Waals surface area (Å²) in [5.74, 6) is -3.89. The molecule has 12 aromatic carbocycles. The number of nitrogens with zero attached hydrogens (tertiary/aromatic N) is 8. The highest BCUT2D eigenvalue weighted by atomic mass is 32.2. The zero-order valence-electron chi connectivity index (χ0n) is 66.2. The first-order valence-corrected chi connectivity index (χ1v) is 42.9. The lowest BCUT2D eigenvalue weighted by molar-refractivity contribution is -0.120. The molecule has 0 saturated heterocycles. The van der Waals surface area contributed by atoms with E-state index < -0.39 is 97.2 Å². The predicted octanol–water partition coefficient (Wildman–Crippen LogP) is 13.9. The van der Waals surface area contributed by atoms with Gasteiger partial charge in [0.15, 0.2) is 23.1 Å². The van der Waals surface area contributed by atoms with Crippen molar-refractivity contribution < 1.29 is 87.0 Å². The molecule has 34 nitrogen and oxygen atoms in total. The summed E-state index contributed by atoms with van der Waals surface area (Å²) in [5, 5.41) is 28.0. The molecule has 0 saturated carbocycles. The molecule has 4 heterocycles. The van der Waals surface area contributed by atoms with E-state index in [0.29, 0.717) is 38.0 Å². The van der Waals surface area contributed by atoms with Crippen molar-refractivity contribution in [1.29, 1.82) is 0 Å². The number of rotatable bonds is 27. The number of aromatic nitrogens is 8. The molecule has 634 valence electrons. The summed E-state index contributed by atoms with van der Waals surface area (Å²) in [6.45, 7) is 0.0925. The van der Waals surface area contributed by atoms with Crippen LogP contribution in [0.25, 0.3) is 65.6 Å². The van der Waals surface area contributed by atoms with Crippen LogP contribution in [0.1, 0.15) is 85.4 Å². The molecule has 128 heavy (non-hydrogen) atoms. The lowest BCUT2D eigenvalue weighted by Crippen LogP contribution is -2.29. The Morgan fingerprint density at radius 2 is 0.898 bits per heavy atom. The average Bonchev–Trinajstić information content (AvgIpc) is 0.709. The Bertz CT molecular complexity index is 8100. The fourth-order valence-electron chi connectivity index (χ4n) is 15.7. The van der Waals surface area contributed by atoms with Gasteiger partial charge in [-0.25, -0.2) is 4.79 Å². The van der Waals surface area contributed by atoms with Crippen LogP contribution in [-0.2, 0) is 55.7 Å². The number of aromatic carboxylic acids is 1. The zero-order valence-corrected chi connectivity index (χ0v) is 68.7. The molecule has 0 amide bonds. The Hall–Kier alpha value is -16.5. The van der Waals surface area contributed by atoms with Crippen molar-refractivity contribution in [2.24, 2.45) is 14.1 Å². The van der Waals surface area contributed by atoms with Gasteiger partial charge in [-0.1, -0.05) is 115 Å². The Labute approximate surface area is 722 Å². The number of hydrogen-bond donors (Lipinski definition) is 9. The second kappa shape index (κ2) is 32.3. The van der Waals surface area contributed by atoms with E-state index in [9.17, 15) is 77.6 Å². The van der Waals surface area contributed by atoms with Gasteiger partial charge < -0.3 is 55.0 Å². The smallest absolute Gasteiger partial charge is 0.335 e. The van der Waals surface area contributed by atoms with Crippen molar-refractivity contribution in [3.8, 4) is 51.5 Å². The minimum absolute atomic E-state index is 0.00794. The average molecular weight is 1770 g/mol. The maximum absolute atomic E-state index is 15.1. The van der Waals surface area contributed by atoms with Crippen molar-refractivity contribution in [2.75, 3.05) is 39.7 Å². The predicted molar refractivity (Wildman–Crippen MR) is 469 cm³/mol. The Morgan fingerprint density at radius 3 is 1.46 bits per heavy atom. The number of hydrogen-bond acceptors (Lipinski definition) is 28. The molecule has 0 spiro atoms. The molecule has 0 fully saturated rings. The van der Waals surface area contributed by atoms with Gasteiger partial charge in [0.2, 0.25) is 17.8 Å². The maximum atomic E-state index is 15.1. The van der Waals surface area contributed by atoms with Crippen LogP contribution in [0.15, 0.2) is 261 Å². The van der Waals surface area contributed by atoms with Crippen molar-refractivity contribution in [2.45, 2.75) is 21.1 Å². The summed E-state index contributed by atoms with van der Waals surface area (Å²) < 4.78 is 130. The number of anilines is 8. The summed E-state index contributed by atoms with van der Waals surface area (Å²) in [6.07, 6.45) is -0.460. The van der Waals surface area contributed by atoms with E-state index in [0.717, 1.165) is 28.8 Å². The van der Waals surface area contributed by atoms with E-state index in [1.807, 2.05) is 0 Å². The van der Waals surface area contributed by atoms with Crippen LogP contribution in [0.3, 0.4) is 0 Å². The van der Waals surface area contributed by atoms with Crippen LogP contribution in [0.5, 0.6) is 29.3 Å². The molecule has 4 aromatic heterocycles. The van der Waals surface area contributed by atoms with Crippen molar-refractivity contribution in [1.82, 2.24) is 39.0 Å². The van der Waals surface area contributed by atoms with E-state index in [1.165, 1.54) is 97.5 Å². The number of ketones is 4. The summed E-state index contributed by atoms with van der Waals surface area (Å²) in [5.41, 5.74) is -0.873. The molecule has 2 aliphatic carbocycles. The van der Waals surface area contributed by atoms with Gasteiger partial charge >= 0.3 is 18.0 Å². The van der Waals surface area contributed by atoms with Gasteiger partial charge in [0.05, 0.1) is 65.7 Å². The number of carboxylic acids is 1. The van der Waals surface area contributed by atoms with Gasteiger partial charge in [0.25, 0.3) is 47.9 Å². The summed E-state index contributed by atoms with van der Waals surface area (Å²) in [7, 11) is -12.2. The number of carbonyl (C=O) groups is 6. The quantitative estimate of drug-likeness (QED) is 0.00999. The molecule has 0 radical (unpaired) electrons. The van der Waals surface area contributed by atoms with E-state index in [4.69, 9.17) is 14.2 Å². The third-order valence-electron chi connectivity index (χ3n) is 21.5. The number of carbonyl (C=O) groups excluding carboxylic acids is 5. The first kappa shape index (κ1) is 82.5. The molecular weight excluding hydrogens is 1710 g/mol. The van der Waals surface area contributed by atoms with Crippen molar-refractivity contribution >= 4 is 156 Å². The van der Waals surface area contributed by atoms with Gasteiger partial charge in [-0.05, 0) is 160 Å². The van der Waals surface area contributed by atoms with E-state index in [1.54, 1.807) is 133 Å². The minimum Gasteiger partial charge on any atom is -0.478 e. The van der Waals surface area contributed by atoms with Gasteiger partial charge in [0, 0.05) is 89.1 Å². The molecule has 18 rings (SSSR count). The molecule has 0 bridgehead atoms. The highest BCUT2D eigenvalue weighted by molar-refractivity contribution is 7.86. The van der Waals surface area contributed by atoms with Crippen molar-refractivity contribution in [3.05, 3.63) is 319 Å². The number of carboxylic acid groups (broad SMARTS) is 1. The molecule has 2 aliphatic rings. The largest absolute Gasteiger partial charge is 0.478 e. The van der Waals surface area contributed by atoms with E-state index >= 15 is 4.79 Å². The van der Waals surface area contributed by atoms with E-state index in [-0.39, 0.29) is 179 Å². The number of nitrogens with one attached hydrogen (secondary N) is 5. The number of aryl methyl sites for hydroxylation is 2. The second-order valence-corrected chi connectivity index (χ2v) is 33.6. The number of fused-ring (bicyclic) bond motifs is 6. The Balaban J connectivity index is 0.679. The highest BCUT2D eigenvalue weighted by Gasteiger charge is 2.38. The van der Waals surface area contributed by atoms with Crippen LogP contribution in [0.2, 0.25) is 0 Å².